The van der Waals surface area contributed by atoms with Gasteiger partial charge < -0.3 is 14.2 Å². The molecule has 5 heteroatoms. The zero-order valence-corrected chi connectivity index (χ0v) is 23.5. The molecule has 3 fully saturated rings. The predicted molar refractivity (Wildman–Crippen MR) is 158 cm³/mol. The van der Waals surface area contributed by atoms with Crippen LogP contribution in [0.2, 0.25) is 0 Å². The Morgan fingerprint density at radius 2 is 1.78 bits per heavy atom. The van der Waals surface area contributed by atoms with E-state index >= 15 is 0 Å². The number of piperidine rings is 1. The second kappa shape index (κ2) is 9.77. The van der Waals surface area contributed by atoms with E-state index < -0.39 is 5.60 Å². The van der Waals surface area contributed by atoms with Gasteiger partial charge in [-0.15, -0.1) is 0 Å². The first-order valence-corrected chi connectivity index (χ1v) is 15.4. The zero-order chi connectivity index (χ0) is 27.4. The summed E-state index contributed by atoms with van der Waals surface area (Å²) in [6.07, 6.45) is 10.8. The SMILES string of the molecule is O=C(C=Cc1ccccc1)O[C@@]12CCC[C@@H]3Oc4c(OCc5ccccc5)ccc5c4[C@@]31CCN(CC1CC1)[C@@H]2C5. The third-order valence-electron chi connectivity index (χ3n) is 10.3. The monoisotopic (exact) mass is 547 g/mol. The van der Waals surface area contributed by atoms with E-state index in [-0.39, 0.29) is 23.5 Å². The summed E-state index contributed by atoms with van der Waals surface area (Å²) in [6, 6.07) is 24.8. The topological polar surface area (TPSA) is 48.0 Å². The molecule has 0 unspecified atom stereocenters. The number of rotatable bonds is 8. The minimum atomic E-state index is -0.614. The van der Waals surface area contributed by atoms with Crippen molar-refractivity contribution in [1.29, 1.82) is 0 Å². The molecule has 2 aliphatic heterocycles. The van der Waals surface area contributed by atoms with Gasteiger partial charge in [0.05, 0.1) is 11.5 Å². The first kappa shape index (κ1) is 25.2. The Morgan fingerprint density at radius 3 is 2.59 bits per heavy atom. The lowest BCUT2D eigenvalue weighted by atomic mass is 9.49. The van der Waals surface area contributed by atoms with E-state index in [1.807, 2.05) is 54.6 Å². The van der Waals surface area contributed by atoms with Gasteiger partial charge in [0.25, 0.3) is 0 Å². The van der Waals surface area contributed by atoms with Crippen molar-refractivity contribution in [2.24, 2.45) is 5.92 Å². The Labute approximate surface area is 242 Å². The highest BCUT2D eigenvalue weighted by atomic mass is 16.6. The predicted octanol–water partition coefficient (Wildman–Crippen LogP) is 6.48. The van der Waals surface area contributed by atoms with E-state index in [0.29, 0.717) is 6.61 Å². The van der Waals surface area contributed by atoms with Crippen LogP contribution in [0.4, 0.5) is 0 Å². The molecule has 0 radical (unpaired) electrons. The molecule has 3 aromatic rings. The average Bonchev–Trinajstić information content (AvgIpc) is 3.75. The maximum Gasteiger partial charge on any atom is 0.331 e. The van der Waals surface area contributed by atoms with Crippen LogP contribution in [0.1, 0.15) is 60.8 Å². The first-order chi connectivity index (χ1) is 20.2. The van der Waals surface area contributed by atoms with Crippen molar-refractivity contribution in [2.75, 3.05) is 13.1 Å². The molecule has 1 saturated heterocycles. The van der Waals surface area contributed by atoms with Gasteiger partial charge in [0, 0.05) is 18.2 Å². The van der Waals surface area contributed by atoms with Crippen molar-refractivity contribution in [3.63, 3.8) is 0 Å². The summed E-state index contributed by atoms with van der Waals surface area (Å²) in [5, 5.41) is 0. The summed E-state index contributed by atoms with van der Waals surface area (Å²) in [5.74, 6) is 2.22. The highest BCUT2D eigenvalue weighted by molar-refractivity contribution is 5.87. The number of carbonyl (C=O) groups is 1. The number of ether oxygens (including phenoxy) is 3. The van der Waals surface area contributed by atoms with Gasteiger partial charge in [0.2, 0.25) is 0 Å². The highest BCUT2D eigenvalue weighted by Gasteiger charge is 2.73. The summed E-state index contributed by atoms with van der Waals surface area (Å²) in [6.45, 7) is 2.62. The minimum absolute atomic E-state index is 0.0109. The highest BCUT2D eigenvalue weighted by Crippen LogP contribution is 2.67. The molecule has 3 aromatic carbocycles. The van der Waals surface area contributed by atoms with E-state index in [2.05, 4.69) is 29.2 Å². The number of esters is 1. The van der Waals surface area contributed by atoms with Crippen LogP contribution in [-0.4, -0.2) is 41.7 Å². The Morgan fingerprint density at radius 1 is 0.976 bits per heavy atom. The van der Waals surface area contributed by atoms with E-state index in [0.717, 1.165) is 73.7 Å². The van der Waals surface area contributed by atoms with Crippen molar-refractivity contribution in [3.8, 4) is 11.5 Å². The van der Waals surface area contributed by atoms with Crippen molar-refractivity contribution in [2.45, 2.75) is 74.7 Å². The number of benzene rings is 3. The van der Waals surface area contributed by atoms with Crippen molar-refractivity contribution < 1.29 is 19.0 Å². The molecule has 1 spiro atoms. The van der Waals surface area contributed by atoms with Gasteiger partial charge in [-0.05, 0) is 86.2 Å². The fourth-order valence-corrected chi connectivity index (χ4v) is 8.43. The van der Waals surface area contributed by atoms with Crippen LogP contribution in [0.5, 0.6) is 11.5 Å². The maximum absolute atomic E-state index is 13.7. The van der Waals surface area contributed by atoms with Gasteiger partial charge >= 0.3 is 5.97 Å². The Hall–Kier alpha value is -3.57. The normalized spacial score (nSPS) is 29.6. The van der Waals surface area contributed by atoms with Crippen LogP contribution in [-0.2, 0) is 28.0 Å². The van der Waals surface area contributed by atoms with Gasteiger partial charge in [-0.3, -0.25) is 4.90 Å². The van der Waals surface area contributed by atoms with Crippen molar-refractivity contribution in [3.05, 3.63) is 101 Å². The van der Waals surface area contributed by atoms with Crippen LogP contribution >= 0.6 is 0 Å². The molecule has 2 heterocycles. The molecule has 2 bridgehead atoms. The Kier molecular flexibility index (Phi) is 5.99. The second-order valence-corrected chi connectivity index (χ2v) is 12.6. The molecule has 210 valence electrons. The Balaban J connectivity index is 1.19. The minimum Gasteiger partial charge on any atom is -0.485 e. The van der Waals surface area contributed by atoms with E-state index in [4.69, 9.17) is 14.2 Å². The van der Waals surface area contributed by atoms with E-state index in [1.165, 1.54) is 24.0 Å². The summed E-state index contributed by atoms with van der Waals surface area (Å²) >= 11 is 0. The quantitative estimate of drug-likeness (QED) is 0.239. The third kappa shape index (κ3) is 4.04. The largest absolute Gasteiger partial charge is 0.485 e. The van der Waals surface area contributed by atoms with Gasteiger partial charge in [0.1, 0.15) is 18.3 Å². The lowest BCUT2D eigenvalue weighted by molar-refractivity contribution is -0.213. The lowest BCUT2D eigenvalue weighted by Gasteiger charge is -2.64. The third-order valence-corrected chi connectivity index (χ3v) is 10.3. The fraction of sp³-hybridized carbons (Fsp3) is 0.417. The molecule has 2 saturated carbocycles. The summed E-state index contributed by atoms with van der Waals surface area (Å²) in [7, 11) is 0. The number of nitrogens with zero attached hydrogens (tertiary/aromatic N) is 1. The first-order valence-electron chi connectivity index (χ1n) is 15.4. The van der Waals surface area contributed by atoms with Crippen LogP contribution in [0.25, 0.3) is 6.08 Å². The standard InChI is InChI=1S/C36H37NO4/c38-32(18-15-25-8-3-1-4-9-25)41-36-19-7-12-31-35(36)20-21-37(23-26-13-14-26)30(36)22-28-16-17-29(34(40-31)33(28)35)39-24-27-10-5-2-6-11-27/h1-6,8-11,15-18,26,30-31H,7,12-14,19-24H2/t30-,31+,35-,36-/m1/s1. The van der Waals surface area contributed by atoms with Crippen LogP contribution in [0.15, 0.2) is 78.9 Å². The average molecular weight is 548 g/mol. The van der Waals surface area contributed by atoms with Gasteiger partial charge in [-0.2, -0.15) is 0 Å². The van der Waals surface area contributed by atoms with Crippen LogP contribution < -0.4 is 9.47 Å². The number of hydrogen-bond donors (Lipinski definition) is 0. The molecular formula is C36H37NO4. The molecule has 41 heavy (non-hydrogen) atoms. The Bertz CT molecular complexity index is 1480. The zero-order valence-electron chi connectivity index (χ0n) is 23.5. The van der Waals surface area contributed by atoms with E-state index in [1.54, 1.807) is 6.08 Å². The lowest BCUT2D eigenvalue weighted by Crippen LogP contribution is -2.76. The fourth-order valence-electron chi connectivity index (χ4n) is 8.43. The molecule has 3 aliphatic carbocycles. The molecule has 5 nitrogen and oxygen atoms in total. The van der Waals surface area contributed by atoms with Crippen molar-refractivity contribution >= 4 is 12.0 Å². The molecule has 8 rings (SSSR count). The number of hydrogen-bond acceptors (Lipinski definition) is 5. The summed E-state index contributed by atoms with van der Waals surface area (Å²) < 4.78 is 20.2. The molecule has 0 N–H and O–H groups in total. The second-order valence-electron chi connectivity index (χ2n) is 12.6. The van der Waals surface area contributed by atoms with Crippen LogP contribution in [0, 0.1) is 5.92 Å². The number of carbonyl (C=O) groups excluding carboxylic acids is 1. The molecule has 4 atom stereocenters. The molecule has 5 aliphatic rings. The van der Waals surface area contributed by atoms with Gasteiger partial charge in [-0.25, -0.2) is 4.79 Å². The smallest absolute Gasteiger partial charge is 0.331 e. The number of likely N-dealkylation sites (tertiary alicyclic amines) is 1. The van der Waals surface area contributed by atoms with Crippen LogP contribution in [0.3, 0.4) is 0 Å². The molecule has 0 amide bonds. The molecule has 0 aromatic heterocycles. The van der Waals surface area contributed by atoms with Gasteiger partial charge in [0.15, 0.2) is 11.5 Å². The molecular weight excluding hydrogens is 510 g/mol. The summed E-state index contributed by atoms with van der Waals surface area (Å²) in [4.78, 5) is 16.3. The maximum atomic E-state index is 13.7. The summed E-state index contributed by atoms with van der Waals surface area (Å²) in [5.41, 5.74) is 3.77. The van der Waals surface area contributed by atoms with Gasteiger partial charge in [-0.1, -0.05) is 66.7 Å². The van der Waals surface area contributed by atoms with Crippen molar-refractivity contribution in [1.82, 2.24) is 4.90 Å². The van der Waals surface area contributed by atoms with E-state index in [9.17, 15) is 4.79 Å².